The van der Waals surface area contributed by atoms with E-state index in [0.29, 0.717) is 0 Å². The Hall–Kier alpha value is -2.19. The lowest BCUT2D eigenvalue weighted by Crippen LogP contribution is -2.31. The second kappa shape index (κ2) is 4.92. The topological polar surface area (TPSA) is 17.1 Å². The van der Waals surface area contributed by atoms with Crippen LogP contribution in [0.2, 0.25) is 0 Å². The van der Waals surface area contributed by atoms with Gasteiger partial charge in [-0.05, 0) is 35.7 Å². The predicted molar refractivity (Wildman–Crippen MR) is 89.6 cm³/mol. The molecule has 1 heterocycles. The first-order chi connectivity index (χ1) is 10.7. The molecule has 1 aliphatic heterocycles. The van der Waals surface area contributed by atoms with Crippen LogP contribution in [0, 0.1) is 0 Å². The Morgan fingerprint density at radius 2 is 1.14 bits per heavy atom. The van der Waals surface area contributed by atoms with Gasteiger partial charge in [-0.25, -0.2) is 4.21 Å². The third kappa shape index (κ3) is 1.74. The van der Waals surface area contributed by atoms with Crippen LogP contribution in [0.4, 0.5) is 0 Å². The van der Waals surface area contributed by atoms with Gasteiger partial charge in [0.1, 0.15) is 0 Å². The molecule has 1 nitrogen and oxygen atoms in total. The van der Waals surface area contributed by atoms with Gasteiger partial charge < -0.3 is 0 Å². The molecule has 2 heteroatoms. The third-order valence-electron chi connectivity index (χ3n) is 4.60. The summed E-state index contributed by atoms with van der Waals surface area (Å²) in [4.78, 5) is 1.85. The highest BCUT2D eigenvalue weighted by Gasteiger charge is 2.40. The molecule has 1 aliphatic rings. The van der Waals surface area contributed by atoms with E-state index in [-0.39, 0.29) is 5.41 Å². The van der Waals surface area contributed by atoms with Crippen molar-refractivity contribution in [1.29, 1.82) is 0 Å². The predicted octanol–water partition coefficient (Wildman–Crippen LogP) is 4.52. The average Bonchev–Trinajstić information content (AvgIpc) is 2.60. The van der Waals surface area contributed by atoms with Gasteiger partial charge in [-0.15, -0.1) is 0 Å². The van der Waals surface area contributed by atoms with Crippen molar-refractivity contribution in [2.75, 3.05) is 0 Å². The van der Waals surface area contributed by atoms with Crippen LogP contribution >= 0.6 is 0 Å². The van der Waals surface area contributed by atoms with E-state index < -0.39 is 10.8 Å². The Bertz CT molecular complexity index is 818. The Morgan fingerprint density at radius 1 is 0.682 bits per heavy atom. The Labute approximate surface area is 133 Å². The molecule has 0 spiro atoms. The minimum absolute atomic E-state index is 0.275. The molecule has 0 fully saturated rings. The van der Waals surface area contributed by atoms with Crippen molar-refractivity contribution < 1.29 is 4.21 Å². The van der Waals surface area contributed by atoms with Gasteiger partial charge in [-0.1, -0.05) is 66.7 Å². The summed E-state index contributed by atoms with van der Waals surface area (Å²) in [6, 6.07) is 26.7. The third-order valence-corrected chi connectivity index (χ3v) is 6.11. The van der Waals surface area contributed by atoms with E-state index in [1.165, 1.54) is 5.56 Å². The van der Waals surface area contributed by atoms with E-state index in [0.717, 1.165) is 20.9 Å². The van der Waals surface area contributed by atoms with Crippen molar-refractivity contribution in [3.63, 3.8) is 0 Å². The summed E-state index contributed by atoms with van der Waals surface area (Å²) in [5.74, 6) is 0. The molecule has 0 saturated heterocycles. The molecule has 0 saturated carbocycles. The highest BCUT2D eigenvalue weighted by molar-refractivity contribution is 7.85. The van der Waals surface area contributed by atoms with E-state index >= 15 is 0 Å². The van der Waals surface area contributed by atoms with Crippen LogP contribution in [0.15, 0.2) is 88.7 Å². The smallest absolute Gasteiger partial charge is 0.0856 e. The molecule has 0 aliphatic carbocycles. The van der Waals surface area contributed by atoms with Crippen molar-refractivity contribution >= 4 is 10.8 Å². The zero-order valence-corrected chi connectivity index (χ0v) is 13.1. The van der Waals surface area contributed by atoms with E-state index in [9.17, 15) is 4.21 Å². The second-order valence-corrected chi connectivity index (χ2v) is 7.17. The molecule has 3 aromatic rings. The minimum atomic E-state index is -1.11. The number of benzene rings is 3. The van der Waals surface area contributed by atoms with E-state index in [4.69, 9.17) is 0 Å². The fraction of sp³-hybridized carbons (Fsp3) is 0.100. The van der Waals surface area contributed by atoms with Crippen molar-refractivity contribution in [2.24, 2.45) is 0 Å². The normalized spacial score (nSPS) is 22.7. The lowest BCUT2D eigenvalue weighted by atomic mass is 9.71. The maximum Gasteiger partial charge on any atom is 0.0856 e. The molecule has 0 aromatic heterocycles. The summed E-state index contributed by atoms with van der Waals surface area (Å²) in [5, 5.41) is 0. The Morgan fingerprint density at radius 3 is 1.68 bits per heavy atom. The van der Waals surface area contributed by atoms with E-state index in [2.05, 4.69) is 43.3 Å². The standard InChI is InChI=1S/C20H16OS/c1-20(15-9-3-2-4-10-15)16-11-5-7-13-18(16)22(21)19-14-8-6-12-17(19)20/h2-14H,1H3. The van der Waals surface area contributed by atoms with Crippen LogP contribution < -0.4 is 0 Å². The molecular weight excluding hydrogens is 288 g/mol. The molecule has 0 unspecified atom stereocenters. The van der Waals surface area contributed by atoms with Crippen LogP contribution in [0.25, 0.3) is 0 Å². The number of fused-ring (bicyclic) bond motifs is 2. The Kier molecular flexibility index (Phi) is 3.02. The van der Waals surface area contributed by atoms with Crippen LogP contribution in [0.5, 0.6) is 0 Å². The summed E-state index contributed by atoms with van der Waals surface area (Å²) in [5.41, 5.74) is 3.23. The van der Waals surface area contributed by atoms with Gasteiger partial charge in [0.2, 0.25) is 0 Å². The highest BCUT2D eigenvalue weighted by atomic mass is 32.2. The molecule has 0 atom stereocenters. The molecule has 0 N–H and O–H groups in total. The van der Waals surface area contributed by atoms with Gasteiger partial charge in [-0.3, -0.25) is 0 Å². The molecule has 0 amide bonds. The summed E-state index contributed by atoms with van der Waals surface area (Å²) >= 11 is 0. The van der Waals surface area contributed by atoms with Gasteiger partial charge in [-0.2, -0.15) is 0 Å². The average molecular weight is 304 g/mol. The van der Waals surface area contributed by atoms with Gasteiger partial charge in [0, 0.05) is 15.2 Å². The van der Waals surface area contributed by atoms with Crippen LogP contribution in [0.1, 0.15) is 23.6 Å². The first-order valence-electron chi connectivity index (χ1n) is 7.39. The van der Waals surface area contributed by atoms with Crippen LogP contribution in [-0.4, -0.2) is 4.21 Å². The first-order valence-corrected chi connectivity index (χ1v) is 8.54. The second-order valence-electron chi connectivity index (χ2n) is 5.75. The van der Waals surface area contributed by atoms with Crippen molar-refractivity contribution in [3.8, 4) is 0 Å². The van der Waals surface area contributed by atoms with Crippen molar-refractivity contribution in [3.05, 3.63) is 95.6 Å². The fourth-order valence-electron chi connectivity index (χ4n) is 3.43. The zero-order valence-electron chi connectivity index (χ0n) is 12.3. The molecular formula is C20H16OS. The first kappa shape index (κ1) is 13.5. The molecule has 3 aromatic carbocycles. The number of hydrogen-bond donors (Lipinski definition) is 0. The number of hydrogen-bond acceptors (Lipinski definition) is 1. The van der Waals surface area contributed by atoms with E-state index in [1.807, 2.05) is 42.5 Å². The van der Waals surface area contributed by atoms with Gasteiger partial charge in [0.25, 0.3) is 0 Å². The molecule has 0 bridgehead atoms. The van der Waals surface area contributed by atoms with Crippen LogP contribution in [-0.2, 0) is 16.2 Å². The lowest BCUT2D eigenvalue weighted by molar-refractivity contribution is 0.630. The van der Waals surface area contributed by atoms with Gasteiger partial charge in [0.15, 0.2) is 0 Å². The SMILES string of the molecule is CC1(c2ccccc2)c2ccccc2S(=O)c2ccccc21. The van der Waals surface area contributed by atoms with Gasteiger partial charge >= 0.3 is 0 Å². The molecule has 4 rings (SSSR count). The summed E-state index contributed by atoms with van der Waals surface area (Å²) in [6.45, 7) is 2.23. The largest absolute Gasteiger partial charge is 0.249 e. The zero-order chi connectivity index (χ0) is 15.2. The molecule has 108 valence electrons. The number of rotatable bonds is 1. The maximum absolute atomic E-state index is 12.9. The Balaban J connectivity index is 2.12. The molecule has 0 radical (unpaired) electrons. The lowest BCUT2D eigenvalue weighted by Gasteiger charge is -2.38. The monoisotopic (exact) mass is 304 g/mol. The van der Waals surface area contributed by atoms with E-state index in [1.54, 1.807) is 0 Å². The van der Waals surface area contributed by atoms with Crippen LogP contribution in [0.3, 0.4) is 0 Å². The van der Waals surface area contributed by atoms with Crippen molar-refractivity contribution in [1.82, 2.24) is 0 Å². The summed E-state index contributed by atoms with van der Waals surface area (Å²) < 4.78 is 12.9. The van der Waals surface area contributed by atoms with Gasteiger partial charge in [0.05, 0.1) is 10.8 Å². The fourth-order valence-corrected chi connectivity index (χ4v) is 5.01. The summed E-state index contributed by atoms with van der Waals surface area (Å²) in [7, 11) is -1.11. The highest BCUT2D eigenvalue weighted by Crippen LogP contribution is 2.47. The minimum Gasteiger partial charge on any atom is -0.249 e. The quantitative estimate of drug-likeness (QED) is 0.646. The maximum atomic E-state index is 12.9. The van der Waals surface area contributed by atoms with Crippen molar-refractivity contribution in [2.45, 2.75) is 22.1 Å². The molecule has 22 heavy (non-hydrogen) atoms. The summed E-state index contributed by atoms with van der Waals surface area (Å²) in [6.07, 6.45) is 0.